The third-order valence-corrected chi connectivity index (χ3v) is 5.48. The first-order valence-electron chi connectivity index (χ1n) is 9.19. The highest BCUT2D eigenvalue weighted by atomic mass is 32.2. The van der Waals surface area contributed by atoms with Gasteiger partial charge in [0.05, 0.1) is 17.9 Å². The number of thioether (sulfide) groups is 1. The molecule has 0 spiro atoms. The fourth-order valence-corrected chi connectivity index (χ4v) is 3.80. The standard InChI is InChI=1S/C21H22F3N3O2S/c1-13-18(28)27(15-5-7-16(8-6-15)30-21(22,23)24)19(29)26(13)12-14-9-10-25-11-17(14)20(2,3)4/h5-11,28H,12H2,1-4H3. The zero-order valence-electron chi connectivity index (χ0n) is 17.0. The van der Waals surface area contributed by atoms with E-state index in [1.807, 2.05) is 26.8 Å². The van der Waals surface area contributed by atoms with Crippen molar-refractivity contribution in [3.05, 3.63) is 70.0 Å². The minimum Gasteiger partial charge on any atom is -0.493 e. The summed E-state index contributed by atoms with van der Waals surface area (Å²) in [6.07, 6.45) is 3.42. The number of hydrogen-bond acceptors (Lipinski definition) is 4. The predicted octanol–water partition coefficient (Wildman–Crippen LogP) is 5.01. The lowest BCUT2D eigenvalue weighted by Crippen LogP contribution is -2.26. The molecule has 0 atom stereocenters. The van der Waals surface area contributed by atoms with Crippen molar-refractivity contribution in [3.63, 3.8) is 0 Å². The van der Waals surface area contributed by atoms with Crippen LogP contribution in [-0.2, 0) is 12.0 Å². The summed E-state index contributed by atoms with van der Waals surface area (Å²) in [5.41, 5.74) is -2.51. The lowest BCUT2D eigenvalue weighted by atomic mass is 9.85. The molecule has 0 radical (unpaired) electrons. The molecule has 1 N–H and O–H groups in total. The first kappa shape index (κ1) is 22.0. The van der Waals surface area contributed by atoms with Gasteiger partial charge in [0.15, 0.2) is 0 Å². The normalized spacial score (nSPS) is 12.4. The fourth-order valence-electron chi connectivity index (χ4n) is 3.26. The van der Waals surface area contributed by atoms with Crippen LogP contribution < -0.4 is 5.69 Å². The van der Waals surface area contributed by atoms with Gasteiger partial charge in [0.25, 0.3) is 0 Å². The number of halogens is 3. The van der Waals surface area contributed by atoms with Gasteiger partial charge in [-0.15, -0.1) is 0 Å². The second-order valence-corrected chi connectivity index (χ2v) is 9.08. The summed E-state index contributed by atoms with van der Waals surface area (Å²) in [5.74, 6) is -0.248. The molecule has 9 heteroatoms. The average molecular weight is 437 g/mol. The van der Waals surface area contributed by atoms with E-state index in [1.165, 1.54) is 28.8 Å². The molecule has 30 heavy (non-hydrogen) atoms. The van der Waals surface area contributed by atoms with Gasteiger partial charge < -0.3 is 5.11 Å². The molecule has 0 aliphatic heterocycles. The van der Waals surface area contributed by atoms with Crippen molar-refractivity contribution < 1.29 is 18.3 Å². The summed E-state index contributed by atoms with van der Waals surface area (Å²) < 4.78 is 40.1. The number of pyridine rings is 1. The van der Waals surface area contributed by atoms with E-state index in [2.05, 4.69) is 4.98 Å². The van der Waals surface area contributed by atoms with E-state index >= 15 is 0 Å². The lowest BCUT2D eigenvalue weighted by molar-refractivity contribution is -0.0328. The Kier molecular flexibility index (Phi) is 5.77. The number of imidazole rings is 1. The van der Waals surface area contributed by atoms with Gasteiger partial charge in [0.2, 0.25) is 5.88 Å². The second-order valence-electron chi connectivity index (χ2n) is 7.94. The molecule has 2 aromatic heterocycles. The van der Waals surface area contributed by atoms with Crippen LogP contribution in [0.1, 0.15) is 37.6 Å². The van der Waals surface area contributed by atoms with Gasteiger partial charge in [-0.1, -0.05) is 20.8 Å². The third kappa shape index (κ3) is 4.56. The van der Waals surface area contributed by atoms with E-state index in [9.17, 15) is 23.1 Å². The van der Waals surface area contributed by atoms with Gasteiger partial charge in [0, 0.05) is 17.3 Å². The van der Waals surface area contributed by atoms with Crippen molar-refractivity contribution in [2.24, 2.45) is 0 Å². The van der Waals surface area contributed by atoms with Gasteiger partial charge in [-0.2, -0.15) is 13.2 Å². The molecule has 160 valence electrons. The van der Waals surface area contributed by atoms with E-state index < -0.39 is 11.2 Å². The Morgan fingerprint density at radius 1 is 1.10 bits per heavy atom. The molecule has 0 fully saturated rings. The maximum Gasteiger partial charge on any atom is 0.446 e. The molecular formula is C21H22F3N3O2S. The van der Waals surface area contributed by atoms with E-state index in [4.69, 9.17) is 0 Å². The van der Waals surface area contributed by atoms with Gasteiger partial charge in [-0.05, 0) is 65.6 Å². The van der Waals surface area contributed by atoms with Crippen LogP contribution in [0.4, 0.5) is 13.2 Å². The number of nitrogens with zero attached hydrogens (tertiary/aromatic N) is 3. The van der Waals surface area contributed by atoms with Crippen molar-refractivity contribution in [1.82, 2.24) is 14.1 Å². The van der Waals surface area contributed by atoms with Crippen LogP contribution >= 0.6 is 11.8 Å². The summed E-state index contributed by atoms with van der Waals surface area (Å²) in [6.45, 7) is 8.01. The summed E-state index contributed by atoms with van der Waals surface area (Å²) in [7, 11) is 0. The van der Waals surface area contributed by atoms with Crippen LogP contribution in [0.2, 0.25) is 0 Å². The van der Waals surface area contributed by atoms with E-state index in [-0.39, 0.29) is 40.2 Å². The molecule has 2 heterocycles. The molecule has 0 unspecified atom stereocenters. The Morgan fingerprint density at radius 3 is 2.30 bits per heavy atom. The van der Waals surface area contributed by atoms with Crippen LogP contribution in [0.5, 0.6) is 5.88 Å². The van der Waals surface area contributed by atoms with Crippen LogP contribution in [0.15, 0.2) is 52.4 Å². The second kappa shape index (κ2) is 7.86. The number of rotatable bonds is 4. The third-order valence-electron chi connectivity index (χ3n) is 4.74. The number of alkyl halides is 3. The fraction of sp³-hybridized carbons (Fsp3) is 0.333. The monoisotopic (exact) mass is 437 g/mol. The zero-order chi connectivity index (χ0) is 22.3. The highest BCUT2D eigenvalue weighted by Gasteiger charge is 2.29. The number of hydrogen-bond donors (Lipinski definition) is 1. The van der Waals surface area contributed by atoms with Gasteiger partial charge >= 0.3 is 11.2 Å². The first-order chi connectivity index (χ1) is 13.9. The van der Waals surface area contributed by atoms with Crippen LogP contribution in [-0.4, -0.2) is 24.7 Å². The number of benzene rings is 1. The molecule has 0 aliphatic rings. The van der Waals surface area contributed by atoms with Gasteiger partial charge in [-0.25, -0.2) is 9.36 Å². The topological polar surface area (TPSA) is 60.1 Å². The molecular weight excluding hydrogens is 415 g/mol. The average Bonchev–Trinajstić information content (AvgIpc) is 2.84. The number of aromatic hydroxyl groups is 1. The smallest absolute Gasteiger partial charge is 0.446 e. The Morgan fingerprint density at radius 2 is 1.73 bits per heavy atom. The SMILES string of the molecule is Cc1c(O)n(-c2ccc(SC(F)(F)F)cc2)c(=O)n1Cc1ccncc1C(C)(C)C. The molecule has 5 nitrogen and oxygen atoms in total. The lowest BCUT2D eigenvalue weighted by Gasteiger charge is -2.22. The minimum absolute atomic E-state index is 0.00143. The molecule has 0 saturated heterocycles. The summed E-state index contributed by atoms with van der Waals surface area (Å²) in [6, 6.07) is 7.14. The predicted molar refractivity (Wildman–Crippen MR) is 110 cm³/mol. The van der Waals surface area contributed by atoms with Gasteiger partial charge in [0.1, 0.15) is 0 Å². The maximum atomic E-state index is 13.1. The Labute approximate surface area is 176 Å². The van der Waals surface area contributed by atoms with Crippen LogP contribution in [0, 0.1) is 6.92 Å². The Hall–Kier alpha value is -2.68. The van der Waals surface area contributed by atoms with Crippen LogP contribution in [0.25, 0.3) is 5.69 Å². The quantitative estimate of drug-likeness (QED) is 0.583. The Bertz CT molecular complexity index is 1110. The molecule has 1 aromatic carbocycles. The van der Waals surface area contributed by atoms with Crippen LogP contribution in [0.3, 0.4) is 0 Å². The van der Waals surface area contributed by atoms with Crippen molar-refractivity contribution in [1.29, 1.82) is 0 Å². The largest absolute Gasteiger partial charge is 0.493 e. The first-order valence-corrected chi connectivity index (χ1v) is 10.0. The highest BCUT2D eigenvalue weighted by molar-refractivity contribution is 8.00. The van der Waals surface area contributed by atoms with E-state index in [0.29, 0.717) is 5.69 Å². The van der Waals surface area contributed by atoms with Crippen molar-refractivity contribution in [2.75, 3.05) is 0 Å². The number of aromatic nitrogens is 3. The Balaban J connectivity index is 2.01. The molecule has 0 bridgehead atoms. The maximum absolute atomic E-state index is 13.1. The van der Waals surface area contributed by atoms with Gasteiger partial charge in [-0.3, -0.25) is 9.55 Å². The van der Waals surface area contributed by atoms with Crippen molar-refractivity contribution >= 4 is 11.8 Å². The summed E-state index contributed by atoms with van der Waals surface area (Å²) in [4.78, 5) is 17.2. The summed E-state index contributed by atoms with van der Waals surface area (Å²) >= 11 is -0.234. The highest BCUT2D eigenvalue weighted by Crippen LogP contribution is 2.37. The van der Waals surface area contributed by atoms with Crippen molar-refractivity contribution in [3.8, 4) is 11.6 Å². The molecule has 3 rings (SSSR count). The summed E-state index contributed by atoms with van der Waals surface area (Å²) in [5, 5.41) is 10.6. The molecule has 0 aliphatic carbocycles. The minimum atomic E-state index is -4.39. The van der Waals surface area contributed by atoms with Crippen molar-refractivity contribution in [2.45, 2.75) is 50.1 Å². The van der Waals surface area contributed by atoms with E-state index in [1.54, 1.807) is 19.3 Å². The van der Waals surface area contributed by atoms with E-state index in [0.717, 1.165) is 15.7 Å². The molecule has 0 amide bonds. The molecule has 3 aromatic rings. The molecule has 0 saturated carbocycles. The zero-order valence-corrected chi connectivity index (χ0v) is 17.8.